The fourth-order valence-corrected chi connectivity index (χ4v) is 1.19. The average molecular weight is 222 g/mol. The second-order valence-corrected chi connectivity index (χ2v) is 3.35. The molecule has 2 heterocycles. The molecule has 0 N–H and O–H groups in total. The Bertz CT molecular complexity index is 460. The maximum atomic E-state index is 12.5. The smallest absolute Gasteiger partial charge is 0.232 e. The monoisotopic (exact) mass is 222 g/mol. The van der Waals surface area contributed by atoms with Crippen molar-refractivity contribution in [1.29, 1.82) is 0 Å². The van der Waals surface area contributed by atoms with Gasteiger partial charge in [0.15, 0.2) is 6.61 Å². The van der Waals surface area contributed by atoms with Crippen molar-refractivity contribution in [1.82, 2.24) is 9.97 Å². The summed E-state index contributed by atoms with van der Waals surface area (Å²) in [5.74, 6) is 1.22. The van der Waals surface area contributed by atoms with Crippen molar-refractivity contribution in [3.63, 3.8) is 0 Å². The predicted octanol–water partition coefficient (Wildman–Crippen LogP) is 2.40. The van der Waals surface area contributed by atoms with Gasteiger partial charge in [0.25, 0.3) is 0 Å². The van der Waals surface area contributed by atoms with E-state index in [0.717, 1.165) is 11.5 Å². The highest BCUT2D eigenvalue weighted by Gasteiger charge is 2.06. The van der Waals surface area contributed by atoms with Crippen LogP contribution in [0.25, 0.3) is 0 Å². The molecular formula is C11H11FN2O2. The van der Waals surface area contributed by atoms with Crippen LogP contribution < -0.4 is 4.74 Å². The number of hydrogen-bond donors (Lipinski definition) is 0. The topological polar surface area (TPSA) is 48.2 Å². The molecule has 4 nitrogen and oxygen atoms in total. The van der Waals surface area contributed by atoms with Crippen molar-refractivity contribution < 1.29 is 13.5 Å². The molecule has 2 rings (SSSR count). The molecule has 0 aliphatic heterocycles. The highest BCUT2D eigenvalue weighted by molar-refractivity contribution is 5.16. The van der Waals surface area contributed by atoms with Gasteiger partial charge in [-0.25, -0.2) is 9.97 Å². The zero-order chi connectivity index (χ0) is 11.5. The molecule has 0 saturated carbocycles. The summed E-state index contributed by atoms with van der Waals surface area (Å²) in [5, 5.41) is 0. The number of aryl methyl sites for hydroxylation is 2. The number of nitrogens with zero attached hydrogens (tertiary/aromatic N) is 2. The number of rotatable bonds is 3. The Morgan fingerprint density at radius 3 is 2.75 bits per heavy atom. The van der Waals surface area contributed by atoms with Gasteiger partial charge in [0.1, 0.15) is 11.5 Å². The van der Waals surface area contributed by atoms with Gasteiger partial charge in [-0.15, -0.1) is 0 Å². The maximum Gasteiger partial charge on any atom is 0.232 e. The van der Waals surface area contributed by atoms with Gasteiger partial charge in [-0.05, 0) is 26.0 Å². The van der Waals surface area contributed by atoms with Crippen molar-refractivity contribution in [2.45, 2.75) is 20.5 Å². The van der Waals surface area contributed by atoms with Gasteiger partial charge in [0, 0.05) is 0 Å². The normalized spacial score (nSPS) is 10.4. The van der Waals surface area contributed by atoms with Crippen LogP contribution in [0.15, 0.2) is 22.7 Å². The molecule has 2 aromatic heterocycles. The van der Waals surface area contributed by atoms with E-state index in [0.29, 0.717) is 11.6 Å². The van der Waals surface area contributed by atoms with Crippen molar-refractivity contribution in [3.05, 3.63) is 41.6 Å². The fourth-order valence-electron chi connectivity index (χ4n) is 1.19. The van der Waals surface area contributed by atoms with E-state index in [1.807, 2.05) is 13.8 Å². The van der Waals surface area contributed by atoms with E-state index in [-0.39, 0.29) is 6.61 Å². The van der Waals surface area contributed by atoms with E-state index in [1.165, 1.54) is 18.3 Å². The van der Waals surface area contributed by atoms with Crippen molar-refractivity contribution in [2.75, 3.05) is 0 Å². The summed E-state index contributed by atoms with van der Waals surface area (Å²) in [6, 6.07) is 2.74. The van der Waals surface area contributed by atoms with E-state index >= 15 is 0 Å². The molecule has 84 valence electrons. The molecule has 0 radical (unpaired) electrons. The molecule has 0 aliphatic carbocycles. The number of ether oxygens (including phenoxy) is 1. The Balaban J connectivity index is 1.99. The molecule has 0 unspecified atom stereocenters. The van der Waals surface area contributed by atoms with Crippen LogP contribution in [0.2, 0.25) is 0 Å². The van der Waals surface area contributed by atoms with E-state index < -0.39 is 5.95 Å². The average Bonchev–Trinajstić information content (AvgIpc) is 2.58. The first-order chi connectivity index (χ1) is 7.65. The summed E-state index contributed by atoms with van der Waals surface area (Å²) in [6.07, 6.45) is 1.32. The van der Waals surface area contributed by atoms with E-state index in [2.05, 4.69) is 9.97 Å². The van der Waals surface area contributed by atoms with Crippen LogP contribution in [-0.2, 0) is 6.61 Å². The standard InChI is InChI=1S/C11H11FN2O2/c1-7-8(2)16-11(14-7)6-15-9-3-4-10(12)13-5-9/h3-5H,6H2,1-2H3. The highest BCUT2D eigenvalue weighted by Crippen LogP contribution is 2.13. The summed E-state index contributed by atoms with van der Waals surface area (Å²) in [4.78, 5) is 7.63. The molecule has 0 saturated heterocycles. The lowest BCUT2D eigenvalue weighted by Gasteiger charge is -2.01. The lowest BCUT2D eigenvalue weighted by Crippen LogP contribution is -1.96. The Morgan fingerprint density at radius 2 is 2.19 bits per heavy atom. The minimum atomic E-state index is -0.532. The van der Waals surface area contributed by atoms with Gasteiger partial charge in [0.2, 0.25) is 11.8 Å². The molecule has 0 spiro atoms. The molecule has 0 aromatic carbocycles. The van der Waals surface area contributed by atoms with E-state index in [1.54, 1.807) is 0 Å². The summed E-state index contributed by atoms with van der Waals surface area (Å²) in [5.41, 5.74) is 0.843. The lowest BCUT2D eigenvalue weighted by atomic mass is 10.4. The first-order valence-corrected chi connectivity index (χ1v) is 4.82. The Hall–Kier alpha value is -1.91. The molecule has 0 atom stereocenters. The number of oxazole rings is 1. The quantitative estimate of drug-likeness (QED) is 0.748. The predicted molar refractivity (Wildman–Crippen MR) is 54.5 cm³/mol. The van der Waals surface area contributed by atoms with Crippen LogP contribution in [0.4, 0.5) is 4.39 Å². The third-order valence-electron chi connectivity index (χ3n) is 2.14. The second-order valence-electron chi connectivity index (χ2n) is 3.35. The van der Waals surface area contributed by atoms with Crippen LogP contribution in [-0.4, -0.2) is 9.97 Å². The number of pyridine rings is 1. The summed E-state index contributed by atoms with van der Waals surface area (Å²) < 4.78 is 23.2. The van der Waals surface area contributed by atoms with Gasteiger partial charge >= 0.3 is 0 Å². The highest BCUT2D eigenvalue weighted by atomic mass is 19.1. The minimum absolute atomic E-state index is 0.210. The lowest BCUT2D eigenvalue weighted by molar-refractivity contribution is 0.259. The van der Waals surface area contributed by atoms with Gasteiger partial charge in [-0.3, -0.25) is 0 Å². The van der Waals surface area contributed by atoms with Crippen LogP contribution >= 0.6 is 0 Å². The van der Waals surface area contributed by atoms with Gasteiger partial charge in [-0.2, -0.15) is 4.39 Å². The third-order valence-corrected chi connectivity index (χ3v) is 2.14. The van der Waals surface area contributed by atoms with Crippen molar-refractivity contribution in [2.24, 2.45) is 0 Å². The zero-order valence-corrected chi connectivity index (χ0v) is 9.03. The SMILES string of the molecule is Cc1nc(COc2ccc(F)nc2)oc1C. The van der Waals surface area contributed by atoms with Crippen LogP contribution in [0.3, 0.4) is 0 Å². The summed E-state index contributed by atoms with van der Waals surface area (Å²) in [6.45, 7) is 3.91. The molecular weight excluding hydrogens is 211 g/mol. The Kier molecular flexibility index (Phi) is 2.85. The van der Waals surface area contributed by atoms with Gasteiger partial charge in [0.05, 0.1) is 11.9 Å². The third kappa shape index (κ3) is 2.36. The molecule has 0 bridgehead atoms. The molecule has 0 aliphatic rings. The Labute approximate surface area is 92.1 Å². The van der Waals surface area contributed by atoms with Crippen LogP contribution in [0.1, 0.15) is 17.3 Å². The molecule has 16 heavy (non-hydrogen) atoms. The second kappa shape index (κ2) is 4.30. The summed E-state index contributed by atoms with van der Waals surface area (Å²) in [7, 11) is 0. The molecule has 5 heteroatoms. The Morgan fingerprint density at radius 1 is 1.38 bits per heavy atom. The number of halogens is 1. The largest absolute Gasteiger partial charge is 0.482 e. The number of hydrogen-bond acceptors (Lipinski definition) is 4. The minimum Gasteiger partial charge on any atom is -0.482 e. The molecule has 0 fully saturated rings. The van der Waals surface area contributed by atoms with Gasteiger partial charge < -0.3 is 9.15 Å². The first-order valence-electron chi connectivity index (χ1n) is 4.82. The van der Waals surface area contributed by atoms with Crippen LogP contribution in [0.5, 0.6) is 5.75 Å². The van der Waals surface area contributed by atoms with E-state index in [9.17, 15) is 4.39 Å². The van der Waals surface area contributed by atoms with Crippen molar-refractivity contribution >= 4 is 0 Å². The zero-order valence-electron chi connectivity index (χ0n) is 9.03. The summed E-state index contributed by atoms with van der Waals surface area (Å²) >= 11 is 0. The first kappa shape index (κ1) is 10.6. The molecule has 2 aromatic rings. The van der Waals surface area contributed by atoms with Gasteiger partial charge in [-0.1, -0.05) is 0 Å². The molecule has 0 amide bonds. The van der Waals surface area contributed by atoms with Crippen molar-refractivity contribution in [3.8, 4) is 5.75 Å². The van der Waals surface area contributed by atoms with Crippen LogP contribution in [0, 0.1) is 19.8 Å². The number of aromatic nitrogens is 2. The fraction of sp³-hybridized carbons (Fsp3) is 0.273. The maximum absolute atomic E-state index is 12.5. The van der Waals surface area contributed by atoms with E-state index in [4.69, 9.17) is 9.15 Å².